The molecule has 124 valence electrons. The second-order valence-corrected chi connectivity index (χ2v) is 5.47. The summed E-state index contributed by atoms with van der Waals surface area (Å²) in [6.07, 6.45) is 1.52. The molecule has 3 N–H and O–H groups in total. The van der Waals surface area contributed by atoms with Crippen LogP contribution in [0.25, 0.3) is 0 Å². The van der Waals surface area contributed by atoms with E-state index in [2.05, 4.69) is 16.4 Å². The maximum absolute atomic E-state index is 11.1. The molecule has 2 aromatic rings. The number of hydrogen-bond acceptors (Lipinski definition) is 5. The third-order valence-electron chi connectivity index (χ3n) is 3.28. The summed E-state index contributed by atoms with van der Waals surface area (Å²) in [5, 5.41) is 12.4. The molecule has 6 nitrogen and oxygen atoms in total. The molecule has 0 radical (unpaired) electrons. The van der Waals surface area contributed by atoms with Gasteiger partial charge in [-0.15, -0.1) is 0 Å². The number of carbonyl (C=O) groups excluding carboxylic acids is 1. The Morgan fingerprint density at radius 3 is 2.92 bits per heavy atom. The predicted octanol–water partition coefficient (Wildman–Crippen LogP) is 3.13. The van der Waals surface area contributed by atoms with Gasteiger partial charge in [-0.3, -0.25) is 4.79 Å². The number of ether oxygens (including phenoxy) is 1. The molecule has 0 aliphatic heterocycles. The molecular formula is C17H17ClN4O2. The smallest absolute Gasteiger partial charge is 0.250 e. The molecule has 24 heavy (non-hydrogen) atoms. The highest BCUT2D eigenvalue weighted by molar-refractivity contribution is 6.33. The van der Waals surface area contributed by atoms with Gasteiger partial charge in [0.05, 0.1) is 10.6 Å². The van der Waals surface area contributed by atoms with Crippen molar-refractivity contribution in [3.63, 3.8) is 0 Å². The molecule has 1 heterocycles. The van der Waals surface area contributed by atoms with E-state index in [-0.39, 0.29) is 5.56 Å². The van der Waals surface area contributed by atoms with Crippen LogP contribution < -0.4 is 15.8 Å². The first-order chi connectivity index (χ1) is 11.5. The molecule has 1 aromatic carbocycles. The van der Waals surface area contributed by atoms with Crippen molar-refractivity contribution in [2.24, 2.45) is 5.73 Å². The summed E-state index contributed by atoms with van der Waals surface area (Å²) in [4.78, 5) is 15.2. The Bertz CT molecular complexity index is 773. The van der Waals surface area contributed by atoms with Crippen molar-refractivity contribution in [3.8, 4) is 11.8 Å². The van der Waals surface area contributed by atoms with Crippen molar-refractivity contribution >= 4 is 23.3 Å². The minimum atomic E-state index is -0.580. The Labute approximate surface area is 145 Å². The highest BCUT2D eigenvalue weighted by Crippen LogP contribution is 2.22. The van der Waals surface area contributed by atoms with E-state index >= 15 is 0 Å². The zero-order chi connectivity index (χ0) is 17.5. The molecule has 0 saturated heterocycles. The van der Waals surface area contributed by atoms with Crippen molar-refractivity contribution in [1.29, 1.82) is 5.26 Å². The van der Waals surface area contributed by atoms with E-state index in [1.54, 1.807) is 6.07 Å². The number of nitriles is 1. The number of nitrogens with two attached hydrogens (primary N) is 1. The van der Waals surface area contributed by atoms with Crippen LogP contribution in [0, 0.1) is 11.3 Å². The van der Waals surface area contributed by atoms with Crippen molar-refractivity contribution in [2.45, 2.75) is 26.0 Å². The number of hydrogen-bond donors (Lipinski definition) is 2. The van der Waals surface area contributed by atoms with Crippen molar-refractivity contribution in [2.75, 3.05) is 5.32 Å². The lowest BCUT2D eigenvalue weighted by Crippen LogP contribution is -2.13. The number of benzene rings is 1. The zero-order valence-corrected chi connectivity index (χ0v) is 13.9. The Morgan fingerprint density at radius 2 is 2.29 bits per heavy atom. The second-order valence-electron chi connectivity index (χ2n) is 5.06. The van der Waals surface area contributed by atoms with Crippen LogP contribution in [0.15, 0.2) is 36.5 Å². The fraction of sp³-hybridized carbons (Fsp3) is 0.235. The quantitative estimate of drug-likeness (QED) is 0.803. The first kappa shape index (κ1) is 17.6. The van der Waals surface area contributed by atoms with Crippen LogP contribution in [0.1, 0.15) is 29.3 Å². The number of anilines is 1. The molecule has 0 aliphatic rings. The Morgan fingerprint density at radius 1 is 1.50 bits per heavy atom. The largest absolute Gasteiger partial charge is 0.476 e. The van der Waals surface area contributed by atoms with Crippen LogP contribution in [0.4, 0.5) is 5.82 Å². The number of rotatable bonds is 7. The summed E-state index contributed by atoms with van der Waals surface area (Å²) in [7, 11) is 0. The lowest BCUT2D eigenvalue weighted by atomic mass is 10.2. The molecule has 1 aromatic heterocycles. The van der Waals surface area contributed by atoms with E-state index < -0.39 is 12.0 Å². The third-order valence-corrected chi connectivity index (χ3v) is 3.57. The van der Waals surface area contributed by atoms with Gasteiger partial charge in [-0.25, -0.2) is 4.98 Å². The Kier molecular flexibility index (Phi) is 5.99. The van der Waals surface area contributed by atoms with Crippen LogP contribution in [0.5, 0.6) is 5.75 Å². The van der Waals surface area contributed by atoms with Gasteiger partial charge in [0.15, 0.2) is 6.10 Å². The standard InChI is InChI=1S/C17H17ClN4O2/c1-2-13(8-19)24-14-5-3-4-11(6-14)9-21-17-15(18)7-12(10-22-17)16(20)23/h3-7,10,13H,2,9H2,1H3,(H2,20,23)(H,21,22). The average Bonchev–Trinajstić information content (AvgIpc) is 2.58. The summed E-state index contributed by atoms with van der Waals surface area (Å²) < 4.78 is 5.59. The summed E-state index contributed by atoms with van der Waals surface area (Å²) in [5.74, 6) is 0.506. The first-order valence-corrected chi connectivity index (χ1v) is 7.75. The fourth-order valence-corrected chi connectivity index (χ4v) is 2.22. The number of halogens is 1. The minimum absolute atomic E-state index is 0.253. The van der Waals surface area contributed by atoms with Gasteiger partial charge in [0.25, 0.3) is 0 Å². The molecular weight excluding hydrogens is 328 g/mol. The van der Waals surface area contributed by atoms with E-state index in [1.165, 1.54) is 12.3 Å². The third kappa shape index (κ3) is 4.61. The maximum Gasteiger partial charge on any atom is 0.250 e. The van der Waals surface area contributed by atoms with Crippen LogP contribution >= 0.6 is 11.6 Å². The van der Waals surface area contributed by atoms with Gasteiger partial charge in [0.2, 0.25) is 5.91 Å². The molecule has 0 aliphatic carbocycles. The molecule has 1 unspecified atom stereocenters. The number of nitrogens with one attached hydrogen (secondary N) is 1. The van der Waals surface area contributed by atoms with E-state index in [4.69, 9.17) is 27.3 Å². The Balaban J connectivity index is 2.04. The van der Waals surface area contributed by atoms with E-state index in [9.17, 15) is 4.79 Å². The normalized spacial score (nSPS) is 11.4. The van der Waals surface area contributed by atoms with Gasteiger partial charge in [-0.1, -0.05) is 30.7 Å². The number of aromatic nitrogens is 1. The van der Waals surface area contributed by atoms with Crippen molar-refractivity contribution in [1.82, 2.24) is 4.98 Å². The van der Waals surface area contributed by atoms with E-state index in [0.29, 0.717) is 29.6 Å². The summed E-state index contributed by atoms with van der Waals surface area (Å²) >= 11 is 6.08. The van der Waals surface area contributed by atoms with Crippen LogP contribution in [-0.2, 0) is 6.54 Å². The molecule has 1 atom stereocenters. The number of carbonyl (C=O) groups is 1. The molecule has 0 bridgehead atoms. The van der Waals surface area contributed by atoms with Gasteiger partial charge in [0, 0.05) is 12.7 Å². The highest BCUT2D eigenvalue weighted by Gasteiger charge is 2.08. The first-order valence-electron chi connectivity index (χ1n) is 7.38. The second kappa shape index (κ2) is 8.18. The number of nitrogens with zero attached hydrogens (tertiary/aromatic N) is 2. The zero-order valence-electron chi connectivity index (χ0n) is 13.1. The fourth-order valence-electron chi connectivity index (χ4n) is 1.98. The van der Waals surface area contributed by atoms with E-state index in [0.717, 1.165) is 5.56 Å². The SMILES string of the molecule is CCC(C#N)Oc1cccc(CNc2ncc(C(N)=O)cc2Cl)c1. The van der Waals surface area contributed by atoms with Gasteiger partial charge in [-0.2, -0.15) is 5.26 Å². The number of pyridine rings is 1. The molecule has 0 saturated carbocycles. The van der Waals surface area contributed by atoms with Gasteiger partial charge in [0.1, 0.15) is 17.6 Å². The lowest BCUT2D eigenvalue weighted by molar-refractivity contribution is 0.1000. The average molecular weight is 345 g/mol. The maximum atomic E-state index is 11.1. The van der Waals surface area contributed by atoms with Crippen molar-refractivity contribution in [3.05, 3.63) is 52.7 Å². The predicted molar refractivity (Wildman–Crippen MR) is 91.9 cm³/mol. The highest BCUT2D eigenvalue weighted by atomic mass is 35.5. The van der Waals surface area contributed by atoms with Crippen LogP contribution in [0.3, 0.4) is 0 Å². The van der Waals surface area contributed by atoms with Crippen LogP contribution in [0.2, 0.25) is 5.02 Å². The van der Waals surface area contributed by atoms with Crippen LogP contribution in [-0.4, -0.2) is 17.0 Å². The molecule has 0 spiro atoms. The van der Waals surface area contributed by atoms with E-state index in [1.807, 2.05) is 25.1 Å². The summed E-state index contributed by atoms with van der Waals surface area (Å²) in [6, 6.07) is 11.0. The topological polar surface area (TPSA) is 101 Å². The molecule has 7 heteroatoms. The van der Waals surface area contributed by atoms with Crippen molar-refractivity contribution < 1.29 is 9.53 Å². The number of primary amides is 1. The monoisotopic (exact) mass is 344 g/mol. The number of amides is 1. The Hall–Kier alpha value is -2.78. The molecule has 2 rings (SSSR count). The lowest BCUT2D eigenvalue weighted by Gasteiger charge is -2.12. The summed E-state index contributed by atoms with van der Waals surface area (Å²) in [5.41, 5.74) is 6.38. The molecule has 1 amide bonds. The molecule has 0 fully saturated rings. The van der Waals surface area contributed by atoms with Gasteiger partial charge < -0.3 is 15.8 Å². The van der Waals surface area contributed by atoms with Gasteiger partial charge in [-0.05, 0) is 30.2 Å². The minimum Gasteiger partial charge on any atom is -0.476 e. The summed E-state index contributed by atoms with van der Waals surface area (Å²) in [6.45, 7) is 2.35. The van der Waals surface area contributed by atoms with Gasteiger partial charge >= 0.3 is 0 Å².